The number of pyridine rings is 1. The van der Waals surface area contributed by atoms with Gasteiger partial charge in [0, 0.05) is 18.3 Å². The van der Waals surface area contributed by atoms with Gasteiger partial charge in [-0.1, -0.05) is 74.9 Å². The molecule has 0 aliphatic rings. The summed E-state index contributed by atoms with van der Waals surface area (Å²) in [4.78, 5) is 44.3. The van der Waals surface area contributed by atoms with Crippen molar-refractivity contribution in [2.75, 3.05) is 0 Å². The van der Waals surface area contributed by atoms with Crippen molar-refractivity contribution in [2.45, 2.75) is 98.8 Å². The molecule has 0 bridgehead atoms. The summed E-state index contributed by atoms with van der Waals surface area (Å²) in [6, 6.07) is 19.3. The van der Waals surface area contributed by atoms with E-state index in [4.69, 9.17) is 4.74 Å². The van der Waals surface area contributed by atoms with Crippen LogP contribution in [-0.2, 0) is 25.5 Å². The highest BCUT2D eigenvalue weighted by Gasteiger charge is 2.36. The fraction of sp³-hybridized carbons (Fsp3) is 0.459. The van der Waals surface area contributed by atoms with Crippen LogP contribution in [0.1, 0.15) is 90.5 Å². The van der Waals surface area contributed by atoms with E-state index in [1.165, 1.54) is 11.1 Å². The molecule has 2 aromatic carbocycles. The lowest BCUT2D eigenvalue weighted by molar-refractivity contribution is -0.157. The first-order valence-electron chi connectivity index (χ1n) is 15.5. The van der Waals surface area contributed by atoms with Crippen LogP contribution in [0.3, 0.4) is 0 Å². The Balaban J connectivity index is 1.77. The minimum absolute atomic E-state index is 0.0610. The fourth-order valence-corrected chi connectivity index (χ4v) is 5.25. The minimum Gasteiger partial charge on any atom is -0.460 e. The Morgan fingerprint density at radius 2 is 1.55 bits per heavy atom. The maximum atomic E-state index is 13.8. The number of nitrogens with zero attached hydrogens (tertiary/aromatic N) is 1. The van der Waals surface area contributed by atoms with E-state index in [1.54, 1.807) is 12.4 Å². The third-order valence-electron chi connectivity index (χ3n) is 7.53. The second-order valence-corrected chi connectivity index (χ2v) is 13.7. The number of rotatable bonds is 12. The number of amides is 2. The Bertz CT molecular complexity index is 1410. The first-order valence-corrected chi connectivity index (χ1v) is 15.5. The highest BCUT2D eigenvalue weighted by Crippen LogP contribution is 2.28. The molecule has 3 aromatic rings. The van der Waals surface area contributed by atoms with Gasteiger partial charge in [0.25, 0.3) is 0 Å². The highest BCUT2D eigenvalue weighted by atomic mass is 16.6. The topological polar surface area (TPSA) is 97.4 Å². The van der Waals surface area contributed by atoms with E-state index in [0.717, 1.165) is 23.1 Å². The van der Waals surface area contributed by atoms with Gasteiger partial charge in [-0.3, -0.25) is 19.4 Å². The van der Waals surface area contributed by atoms with Crippen molar-refractivity contribution in [2.24, 2.45) is 11.3 Å². The molecule has 2 amide bonds. The lowest BCUT2D eigenvalue weighted by Gasteiger charge is -2.33. The van der Waals surface area contributed by atoms with E-state index in [9.17, 15) is 14.4 Å². The number of carbonyl (C=O) groups excluding carboxylic acids is 3. The molecule has 0 radical (unpaired) electrons. The third-order valence-corrected chi connectivity index (χ3v) is 7.53. The molecule has 0 fully saturated rings. The summed E-state index contributed by atoms with van der Waals surface area (Å²) in [5, 5.41) is 6.04. The lowest BCUT2D eigenvalue weighted by Crippen LogP contribution is -2.55. The van der Waals surface area contributed by atoms with Gasteiger partial charge in [-0.25, -0.2) is 0 Å². The standard InChI is InChI=1S/C37H49N3O4/c1-25-13-11-16-29(23-25)31-18-10-9-14-28(31)15-12-17-30(24-32(41)44-37(6,7)8)34(42)40-33(36(3,4)5)35(43)39-26(2)27-19-21-38-22-20-27/h9-11,13-14,16,18-23,26,30,33H,12,15,17,24H2,1-8H3,(H,39,43)(H,40,42). The molecule has 0 aliphatic carbocycles. The molecule has 3 rings (SSSR count). The van der Waals surface area contributed by atoms with Gasteiger partial charge in [0.1, 0.15) is 11.6 Å². The van der Waals surface area contributed by atoms with E-state index >= 15 is 0 Å². The van der Waals surface area contributed by atoms with Gasteiger partial charge in [0.15, 0.2) is 0 Å². The quantitative estimate of drug-likeness (QED) is 0.216. The van der Waals surface area contributed by atoms with Crippen LogP contribution in [0.25, 0.3) is 11.1 Å². The normalized spacial score (nSPS) is 13.8. The molecule has 1 aromatic heterocycles. The third kappa shape index (κ3) is 10.6. The monoisotopic (exact) mass is 599 g/mol. The summed E-state index contributed by atoms with van der Waals surface area (Å²) in [7, 11) is 0. The fourth-order valence-electron chi connectivity index (χ4n) is 5.25. The maximum absolute atomic E-state index is 13.8. The van der Waals surface area contributed by atoms with Gasteiger partial charge >= 0.3 is 5.97 Å². The van der Waals surface area contributed by atoms with Crippen molar-refractivity contribution in [3.8, 4) is 11.1 Å². The van der Waals surface area contributed by atoms with E-state index in [1.807, 2.05) is 72.7 Å². The van der Waals surface area contributed by atoms with Crippen LogP contribution in [0.4, 0.5) is 0 Å². The van der Waals surface area contributed by atoms with Gasteiger partial charge < -0.3 is 15.4 Å². The van der Waals surface area contributed by atoms with Crippen LogP contribution >= 0.6 is 0 Å². The molecule has 7 nitrogen and oxygen atoms in total. The van der Waals surface area contributed by atoms with Crippen LogP contribution in [0.5, 0.6) is 0 Å². The Kier molecular flexibility index (Phi) is 11.9. The van der Waals surface area contributed by atoms with Gasteiger partial charge in [-0.2, -0.15) is 0 Å². The number of nitrogens with one attached hydrogen (secondary N) is 2. The summed E-state index contributed by atoms with van der Waals surface area (Å²) in [5.74, 6) is -1.68. The number of esters is 1. The van der Waals surface area contributed by atoms with Crippen LogP contribution in [0.2, 0.25) is 0 Å². The van der Waals surface area contributed by atoms with E-state index in [-0.39, 0.29) is 24.3 Å². The molecule has 236 valence electrons. The second-order valence-electron chi connectivity index (χ2n) is 13.7. The van der Waals surface area contributed by atoms with Crippen LogP contribution in [-0.4, -0.2) is 34.4 Å². The largest absolute Gasteiger partial charge is 0.460 e. The van der Waals surface area contributed by atoms with Crippen molar-refractivity contribution < 1.29 is 19.1 Å². The molecule has 1 heterocycles. The summed E-state index contributed by atoms with van der Waals surface area (Å²) in [5.41, 5.74) is 4.38. The average Bonchev–Trinajstić information content (AvgIpc) is 2.94. The summed E-state index contributed by atoms with van der Waals surface area (Å²) in [6.07, 6.45) is 5.21. The number of aromatic nitrogens is 1. The molecule has 0 aliphatic heterocycles. The van der Waals surface area contributed by atoms with Gasteiger partial charge in [-0.15, -0.1) is 0 Å². The Morgan fingerprint density at radius 1 is 0.864 bits per heavy atom. The van der Waals surface area contributed by atoms with Gasteiger partial charge in [0.2, 0.25) is 11.8 Å². The first-order chi connectivity index (χ1) is 20.6. The summed E-state index contributed by atoms with van der Waals surface area (Å²) in [6.45, 7) is 15.2. The molecule has 2 N–H and O–H groups in total. The van der Waals surface area contributed by atoms with Gasteiger partial charge in [0.05, 0.1) is 12.5 Å². The van der Waals surface area contributed by atoms with Crippen molar-refractivity contribution in [1.29, 1.82) is 0 Å². The zero-order valence-electron chi connectivity index (χ0n) is 27.6. The van der Waals surface area contributed by atoms with Crippen LogP contribution in [0.15, 0.2) is 73.1 Å². The molecule has 3 unspecified atom stereocenters. The number of hydrogen-bond donors (Lipinski definition) is 2. The van der Waals surface area contributed by atoms with Crippen molar-refractivity contribution in [3.63, 3.8) is 0 Å². The van der Waals surface area contributed by atoms with E-state index in [0.29, 0.717) is 12.8 Å². The highest BCUT2D eigenvalue weighted by molar-refractivity contribution is 5.90. The second kappa shape index (κ2) is 15.1. The molecule has 0 saturated heterocycles. The Morgan fingerprint density at radius 3 is 2.18 bits per heavy atom. The number of benzene rings is 2. The van der Waals surface area contributed by atoms with Crippen molar-refractivity contribution in [3.05, 3.63) is 89.7 Å². The van der Waals surface area contributed by atoms with E-state index in [2.05, 4.69) is 58.9 Å². The minimum atomic E-state index is -0.803. The zero-order valence-corrected chi connectivity index (χ0v) is 27.6. The summed E-state index contributed by atoms with van der Waals surface area (Å²) < 4.78 is 5.59. The average molecular weight is 600 g/mol. The Labute approximate surface area is 263 Å². The molecule has 44 heavy (non-hydrogen) atoms. The van der Waals surface area contributed by atoms with E-state index < -0.39 is 28.9 Å². The molecular weight excluding hydrogens is 550 g/mol. The Hall–Kier alpha value is -4.00. The smallest absolute Gasteiger partial charge is 0.307 e. The predicted octanol–water partition coefficient (Wildman–Crippen LogP) is 7.14. The molecular formula is C37H49N3O4. The number of ether oxygens (including phenoxy) is 1. The van der Waals surface area contributed by atoms with Crippen LogP contribution < -0.4 is 10.6 Å². The zero-order chi connectivity index (χ0) is 32.5. The van der Waals surface area contributed by atoms with Crippen LogP contribution in [0, 0.1) is 18.3 Å². The number of hydrogen-bond acceptors (Lipinski definition) is 5. The molecule has 0 saturated carbocycles. The molecule has 3 atom stereocenters. The molecule has 0 spiro atoms. The number of aryl methyl sites for hydroxylation is 2. The van der Waals surface area contributed by atoms with Gasteiger partial charge in [-0.05, 0) is 93.7 Å². The first kappa shape index (κ1) is 34.5. The molecule has 7 heteroatoms. The maximum Gasteiger partial charge on any atom is 0.307 e. The summed E-state index contributed by atoms with van der Waals surface area (Å²) >= 11 is 0. The van der Waals surface area contributed by atoms with Crippen molar-refractivity contribution in [1.82, 2.24) is 15.6 Å². The predicted molar refractivity (Wildman–Crippen MR) is 176 cm³/mol. The van der Waals surface area contributed by atoms with Crippen molar-refractivity contribution >= 4 is 17.8 Å². The SMILES string of the molecule is Cc1cccc(-c2ccccc2CCCC(CC(=O)OC(C)(C)C)C(=O)NC(C(=O)NC(C)c2ccncc2)C(C)(C)C)c1. The lowest BCUT2D eigenvalue weighted by atomic mass is 9.85. The number of carbonyl (C=O) groups is 3.